The third-order valence-electron chi connectivity index (χ3n) is 3.72. The second-order valence-corrected chi connectivity index (χ2v) is 6.40. The minimum Gasteiger partial charge on any atom is -0.351 e. The third kappa shape index (κ3) is 5.74. The molecule has 1 aromatic carbocycles. The van der Waals surface area contributed by atoms with Crippen LogP contribution in [0.5, 0.6) is 0 Å². The van der Waals surface area contributed by atoms with Gasteiger partial charge in [-0.3, -0.25) is 4.79 Å². The van der Waals surface area contributed by atoms with Gasteiger partial charge in [0.15, 0.2) is 0 Å². The SMILES string of the molecule is CC(C)(CCc1ccccc1)NC(=O)CCNC1CC1. The highest BCUT2D eigenvalue weighted by Gasteiger charge is 2.22. The molecule has 1 aliphatic carbocycles. The van der Waals surface area contributed by atoms with Crippen molar-refractivity contribution < 1.29 is 4.79 Å². The molecule has 1 amide bonds. The molecule has 0 spiro atoms. The monoisotopic (exact) mass is 274 g/mol. The van der Waals surface area contributed by atoms with Gasteiger partial charge in [0, 0.05) is 24.5 Å². The minimum atomic E-state index is -0.146. The van der Waals surface area contributed by atoms with Crippen molar-refractivity contribution in [2.24, 2.45) is 0 Å². The predicted molar refractivity (Wildman–Crippen MR) is 82.6 cm³/mol. The number of rotatable bonds is 8. The Bertz CT molecular complexity index is 424. The first-order chi connectivity index (χ1) is 9.55. The van der Waals surface area contributed by atoms with Gasteiger partial charge in [0.05, 0.1) is 0 Å². The number of hydrogen-bond donors (Lipinski definition) is 2. The molecule has 110 valence electrons. The summed E-state index contributed by atoms with van der Waals surface area (Å²) in [5, 5.41) is 6.51. The Kier molecular flexibility index (Phi) is 5.18. The normalized spacial score (nSPS) is 15.1. The van der Waals surface area contributed by atoms with Gasteiger partial charge < -0.3 is 10.6 Å². The molecule has 0 aromatic heterocycles. The fourth-order valence-electron chi connectivity index (χ4n) is 2.28. The van der Waals surface area contributed by atoms with E-state index >= 15 is 0 Å². The zero-order valence-electron chi connectivity index (χ0n) is 12.6. The molecule has 3 heteroatoms. The van der Waals surface area contributed by atoms with E-state index in [1.807, 2.05) is 6.07 Å². The summed E-state index contributed by atoms with van der Waals surface area (Å²) in [6.07, 6.45) is 5.06. The molecule has 0 atom stereocenters. The van der Waals surface area contributed by atoms with Crippen molar-refractivity contribution in [2.45, 2.75) is 57.5 Å². The Morgan fingerprint density at radius 2 is 1.95 bits per heavy atom. The lowest BCUT2D eigenvalue weighted by Gasteiger charge is -2.26. The summed E-state index contributed by atoms with van der Waals surface area (Å²) in [4.78, 5) is 11.9. The molecular formula is C17H26N2O. The van der Waals surface area contributed by atoms with Gasteiger partial charge in [0.1, 0.15) is 0 Å². The zero-order chi connectivity index (χ0) is 14.4. The highest BCUT2D eigenvalue weighted by Crippen LogP contribution is 2.18. The maximum atomic E-state index is 11.9. The molecule has 3 nitrogen and oxygen atoms in total. The van der Waals surface area contributed by atoms with Crippen molar-refractivity contribution in [3.63, 3.8) is 0 Å². The van der Waals surface area contributed by atoms with E-state index in [0.29, 0.717) is 12.5 Å². The summed E-state index contributed by atoms with van der Waals surface area (Å²) in [5.41, 5.74) is 1.18. The summed E-state index contributed by atoms with van der Waals surface area (Å²) in [6, 6.07) is 11.1. The smallest absolute Gasteiger partial charge is 0.221 e. The van der Waals surface area contributed by atoms with Crippen LogP contribution in [0.3, 0.4) is 0 Å². The standard InChI is InChI=1S/C17H26N2O/c1-17(2,12-10-14-6-4-3-5-7-14)19-16(20)11-13-18-15-8-9-15/h3-7,15,18H,8-13H2,1-2H3,(H,19,20). The van der Waals surface area contributed by atoms with E-state index in [1.165, 1.54) is 18.4 Å². The summed E-state index contributed by atoms with van der Waals surface area (Å²) >= 11 is 0. The quantitative estimate of drug-likeness (QED) is 0.765. The summed E-state index contributed by atoms with van der Waals surface area (Å²) in [6.45, 7) is 5.00. The maximum Gasteiger partial charge on any atom is 0.221 e. The van der Waals surface area contributed by atoms with Crippen molar-refractivity contribution in [3.8, 4) is 0 Å². The van der Waals surface area contributed by atoms with Gasteiger partial charge >= 0.3 is 0 Å². The first kappa shape index (κ1) is 15.0. The Hall–Kier alpha value is -1.35. The lowest BCUT2D eigenvalue weighted by molar-refractivity contribution is -0.122. The predicted octanol–water partition coefficient (Wildman–Crippen LogP) is 2.66. The van der Waals surface area contributed by atoms with Crippen LogP contribution >= 0.6 is 0 Å². The van der Waals surface area contributed by atoms with E-state index in [9.17, 15) is 4.79 Å². The molecule has 1 aliphatic rings. The van der Waals surface area contributed by atoms with Gasteiger partial charge in [-0.15, -0.1) is 0 Å². The number of hydrogen-bond acceptors (Lipinski definition) is 2. The van der Waals surface area contributed by atoms with Crippen LogP contribution in [0, 0.1) is 0 Å². The first-order valence-electron chi connectivity index (χ1n) is 7.63. The zero-order valence-corrected chi connectivity index (χ0v) is 12.6. The van der Waals surface area contributed by atoms with E-state index in [0.717, 1.165) is 19.4 Å². The molecule has 2 N–H and O–H groups in total. The molecule has 0 unspecified atom stereocenters. The summed E-state index contributed by atoms with van der Waals surface area (Å²) in [5.74, 6) is 0.149. The number of benzene rings is 1. The van der Waals surface area contributed by atoms with Crippen molar-refractivity contribution in [2.75, 3.05) is 6.54 Å². The Labute approximate surface area is 122 Å². The fraction of sp³-hybridized carbons (Fsp3) is 0.588. The number of carbonyl (C=O) groups is 1. The lowest BCUT2D eigenvalue weighted by Crippen LogP contribution is -2.44. The van der Waals surface area contributed by atoms with Crippen LogP contribution in [0.25, 0.3) is 0 Å². The molecule has 2 rings (SSSR count). The number of amides is 1. The van der Waals surface area contributed by atoms with Gasteiger partial charge in [0.25, 0.3) is 0 Å². The fourth-order valence-corrected chi connectivity index (χ4v) is 2.28. The Morgan fingerprint density at radius 3 is 2.60 bits per heavy atom. The minimum absolute atomic E-state index is 0.146. The molecule has 1 fully saturated rings. The third-order valence-corrected chi connectivity index (χ3v) is 3.72. The average Bonchev–Trinajstić information content (AvgIpc) is 3.21. The van der Waals surface area contributed by atoms with Crippen LogP contribution in [0.2, 0.25) is 0 Å². The number of aryl methyl sites for hydroxylation is 1. The van der Waals surface area contributed by atoms with E-state index < -0.39 is 0 Å². The van der Waals surface area contributed by atoms with Crippen LogP contribution in [0.4, 0.5) is 0 Å². The summed E-state index contributed by atoms with van der Waals surface area (Å²) < 4.78 is 0. The van der Waals surface area contributed by atoms with Crippen molar-refractivity contribution in [1.29, 1.82) is 0 Å². The topological polar surface area (TPSA) is 41.1 Å². The average molecular weight is 274 g/mol. The van der Waals surface area contributed by atoms with Gasteiger partial charge in [-0.05, 0) is 45.1 Å². The molecule has 0 aliphatic heterocycles. The second-order valence-electron chi connectivity index (χ2n) is 6.40. The Balaban J connectivity index is 1.67. The second kappa shape index (κ2) is 6.89. The largest absolute Gasteiger partial charge is 0.351 e. The van der Waals surface area contributed by atoms with Crippen LogP contribution in [0.1, 0.15) is 45.1 Å². The molecule has 0 bridgehead atoms. The van der Waals surface area contributed by atoms with Gasteiger partial charge in [-0.2, -0.15) is 0 Å². The van der Waals surface area contributed by atoms with Crippen LogP contribution < -0.4 is 10.6 Å². The lowest BCUT2D eigenvalue weighted by atomic mass is 9.95. The van der Waals surface area contributed by atoms with Crippen LogP contribution in [-0.4, -0.2) is 24.0 Å². The van der Waals surface area contributed by atoms with Crippen LogP contribution in [-0.2, 0) is 11.2 Å². The van der Waals surface area contributed by atoms with Gasteiger partial charge in [-0.25, -0.2) is 0 Å². The van der Waals surface area contributed by atoms with E-state index in [1.54, 1.807) is 0 Å². The molecule has 1 saturated carbocycles. The van der Waals surface area contributed by atoms with Crippen molar-refractivity contribution >= 4 is 5.91 Å². The molecule has 20 heavy (non-hydrogen) atoms. The first-order valence-corrected chi connectivity index (χ1v) is 7.63. The van der Waals surface area contributed by atoms with Gasteiger partial charge in [-0.1, -0.05) is 30.3 Å². The molecule has 0 radical (unpaired) electrons. The number of nitrogens with one attached hydrogen (secondary N) is 2. The molecular weight excluding hydrogens is 248 g/mol. The molecule has 1 aromatic rings. The highest BCUT2D eigenvalue weighted by molar-refractivity contribution is 5.76. The molecule has 0 heterocycles. The van der Waals surface area contributed by atoms with E-state index in [2.05, 4.69) is 48.7 Å². The maximum absolute atomic E-state index is 11.9. The number of carbonyl (C=O) groups excluding carboxylic acids is 1. The van der Waals surface area contributed by atoms with E-state index in [4.69, 9.17) is 0 Å². The van der Waals surface area contributed by atoms with Gasteiger partial charge in [0.2, 0.25) is 5.91 Å². The Morgan fingerprint density at radius 1 is 1.25 bits per heavy atom. The summed E-state index contributed by atoms with van der Waals surface area (Å²) in [7, 11) is 0. The van der Waals surface area contributed by atoms with Crippen molar-refractivity contribution in [1.82, 2.24) is 10.6 Å². The highest BCUT2D eigenvalue weighted by atomic mass is 16.1. The van der Waals surface area contributed by atoms with Crippen LogP contribution in [0.15, 0.2) is 30.3 Å². The van der Waals surface area contributed by atoms with Crippen molar-refractivity contribution in [3.05, 3.63) is 35.9 Å². The molecule has 0 saturated heterocycles. The van der Waals surface area contributed by atoms with E-state index in [-0.39, 0.29) is 11.4 Å².